The van der Waals surface area contributed by atoms with Crippen molar-refractivity contribution in [3.8, 4) is 28.0 Å². The largest absolute Gasteiger partial charge is 0.496 e. The van der Waals surface area contributed by atoms with E-state index in [1.165, 1.54) is 7.11 Å². The van der Waals surface area contributed by atoms with E-state index in [0.717, 1.165) is 5.39 Å². The highest BCUT2D eigenvalue weighted by Crippen LogP contribution is 2.41. The van der Waals surface area contributed by atoms with Crippen molar-refractivity contribution >= 4 is 21.9 Å². The van der Waals surface area contributed by atoms with Crippen LogP contribution in [0, 0.1) is 0 Å². The van der Waals surface area contributed by atoms with E-state index in [0.29, 0.717) is 16.6 Å². The summed E-state index contributed by atoms with van der Waals surface area (Å²) >= 11 is 0. The van der Waals surface area contributed by atoms with Gasteiger partial charge in [-0.2, -0.15) is 0 Å². The number of ether oxygens (including phenoxy) is 1. The van der Waals surface area contributed by atoms with E-state index in [9.17, 15) is 0 Å². The van der Waals surface area contributed by atoms with Crippen LogP contribution in [0.5, 0.6) is 5.75 Å². The lowest BCUT2D eigenvalue weighted by molar-refractivity contribution is 0.416. The molecule has 0 amide bonds. The quantitative estimate of drug-likeness (QED) is 0.348. The van der Waals surface area contributed by atoms with Gasteiger partial charge >= 0.3 is 0 Å². The fraction of sp³-hybridized carbons (Fsp3) is 0.0400. The van der Waals surface area contributed by atoms with Gasteiger partial charge in [0.05, 0.1) is 25.0 Å². The molecule has 0 atom stereocenters. The zero-order valence-electron chi connectivity index (χ0n) is 23.3. The van der Waals surface area contributed by atoms with Crippen LogP contribution >= 0.6 is 0 Å². The van der Waals surface area contributed by atoms with Crippen LogP contribution < -0.4 is 4.74 Å². The van der Waals surface area contributed by atoms with Crippen LogP contribution in [-0.4, -0.2) is 7.11 Å². The van der Waals surface area contributed by atoms with Crippen molar-refractivity contribution in [1.82, 2.24) is 0 Å². The average molecular weight is 359 g/mol. The summed E-state index contributed by atoms with van der Waals surface area (Å²) < 4.78 is 86.8. The first-order valence-corrected chi connectivity index (χ1v) is 8.26. The molecule has 5 aromatic rings. The molecule has 27 heavy (non-hydrogen) atoms. The molecule has 0 spiro atoms. The highest BCUT2D eigenvalue weighted by molar-refractivity contribution is 6.10. The Kier molecular flexibility index (Phi) is 2.09. The number of hydrogen-bond acceptors (Lipinski definition) is 2. The first-order chi connectivity index (χ1) is 17.1. The molecule has 0 unspecified atom stereocenters. The van der Waals surface area contributed by atoms with Gasteiger partial charge < -0.3 is 9.15 Å². The van der Waals surface area contributed by atoms with Gasteiger partial charge in [-0.3, -0.25) is 0 Å². The topological polar surface area (TPSA) is 22.4 Å². The summed E-state index contributed by atoms with van der Waals surface area (Å²) in [7, 11) is 1.42. The van der Waals surface area contributed by atoms with Gasteiger partial charge in [0.2, 0.25) is 0 Å². The third-order valence-electron chi connectivity index (χ3n) is 4.35. The average Bonchev–Trinajstić information content (AvgIpc) is 3.26. The van der Waals surface area contributed by atoms with E-state index >= 15 is 0 Å². The van der Waals surface area contributed by atoms with Gasteiger partial charge in [0.25, 0.3) is 0 Å². The van der Waals surface area contributed by atoms with Gasteiger partial charge in [0.1, 0.15) is 16.9 Å². The highest BCUT2D eigenvalue weighted by Gasteiger charge is 2.16. The predicted molar refractivity (Wildman–Crippen MR) is 111 cm³/mol. The lowest BCUT2D eigenvalue weighted by Crippen LogP contribution is -1.89. The second-order valence-corrected chi connectivity index (χ2v) is 5.87. The van der Waals surface area contributed by atoms with E-state index in [4.69, 9.17) is 21.5 Å². The van der Waals surface area contributed by atoms with Gasteiger partial charge in [0.15, 0.2) is 0 Å². The zero-order valence-corrected chi connectivity index (χ0v) is 14.3. The fourth-order valence-corrected chi connectivity index (χ4v) is 3.12. The summed E-state index contributed by atoms with van der Waals surface area (Å²) in [5.41, 5.74) is 0.290. The first kappa shape index (κ1) is 8.92. The van der Waals surface area contributed by atoms with Gasteiger partial charge in [0, 0.05) is 10.8 Å². The minimum Gasteiger partial charge on any atom is -0.496 e. The monoisotopic (exact) mass is 359 g/mol. The fourth-order valence-electron chi connectivity index (χ4n) is 3.12. The van der Waals surface area contributed by atoms with Crippen molar-refractivity contribution in [2.45, 2.75) is 0 Å². The Labute approximate surface area is 170 Å². The SMILES string of the molecule is [2H]c1c([2H])c([2H])c(-c2c([2H])c([2H])c(-c3c(OC)ccc4c3oc3ccccc34)c([2H])c2[2H])c([2H])c1[2H]. The minimum absolute atomic E-state index is 0.0809. The van der Waals surface area contributed by atoms with Crippen LogP contribution in [0.25, 0.3) is 44.2 Å². The Bertz CT molecular complexity index is 1670. The molecule has 2 nitrogen and oxygen atoms in total. The molecular formula is C25H18O2. The van der Waals surface area contributed by atoms with Crippen LogP contribution in [0.2, 0.25) is 0 Å². The summed E-state index contributed by atoms with van der Waals surface area (Å²) in [5.74, 6) is 0.276. The molecule has 0 bridgehead atoms. The van der Waals surface area contributed by atoms with E-state index in [-0.39, 0.29) is 22.4 Å². The van der Waals surface area contributed by atoms with Crippen molar-refractivity contribution in [1.29, 1.82) is 0 Å². The maximum absolute atomic E-state index is 8.79. The molecule has 1 aromatic heterocycles. The van der Waals surface area contributed by atoms with Gasteiger partial charge in [-0.05, 0) is 34.9 Å². The summed E-state index contributed by atoms with van der Waals surface area (Å²) in [6.07, 6.45) is 0. The van der Waals surface area contributed by atoms with Crippen LogP contribution in [0.3, 0.4) is 0 Å². The molecule has 2 heteroatoms. The highest BCUT2D eigenvalue weighted by atomic mass is 16.5. The van der Waals surface area contributed by atoms with Crippen molar-refractivity contribution in [2.24, 2.45) is 0 Å². The zero-order chi connectivity index (χ0) is 26.0. The second-order valence-electron chi connectivity index (χ2n) is 5.87. The normalized spacial score (nSPS) is 15.8. The number of hydrogen-bond donors (Lipinski definition) is 0. The molecule has 4 aromatic carbocycles. The molecule has 1 heterocycles. The molecule has 0 radical (unpaired) electrons. The third-order valence-corrected chi connectivity index (χ3v) is 4.35. The van der Waals surface area contributed by atoms with Crippen molar-refractivity contribution in [2.75, 3.05) is 7.11 Å². The lowest BCUT2D eigenvalue weighted by Gasteiger charge is -2.10. The van der Waals surface area contributed by atoms with Crippen LogP contribution in [0.15, 0.2) is 95.2 Å². The second kappa shape index (κ2) is 6.33. The van der Waals surface area contributed by atoms with E-state index in [2.05, 4.69) is 0 Å². The molecule has 0 aliphatic rings. The Morgan fingerprint density at radius 2 is 1.44 bits per heavy atom. The van der Waals surface area contributed by atoms with Gasteiger partial charge in [-0.15, -0.1) is 0 Å². The minimum atomic E-state index is -0.624. The van der Waals surface area contributed by atoms with Crippen molar-refractivity contribution < 1.29 is 21.5 Å². The van der Waals surface area contributed by atoms with E-state index in [1.807, 2.05) is 18.2 Å². The predicted octanol–water partition coefficient (Wildman–Crippen LogP) is 6.93. The molecule has 0 saturated heterocycles. The van der Waals surface area contributed by atoms with E-state index < -0.39 is 59.9 Å². The molecule has 5 rings (SSSR count). The van der Waals surface area contributed by atoms with E-state index in [1.54, 1.807) is 18.2 Å². The first-order valence-electron chi connectivity index (χ1n) is 12.8. The standard InChI is InChI=1S/C25H18O2/c1-26-23-16-15-21-20-9-5-6-10-22(20)27-25(21)24(23)19-13-11-18(12-14-19)17-7-3-2-4-8-17/h2-16H,1H3/i2D,3D,4D,7D,8D,11D,12D,13D,14D. The van der Waals surface area contributed by atoms with Crippen molar-refractivity contribution in [3.63, 3.8) is 0 Å². The molecule has 0 saturated carbocycles. The Morgan fingerprint density at radius 3 is 2.22 bits per heavy atom. The number of fused-ring (bicyclic) bond motifs is 3. The molecule has 130 valence electrons. The maximum atomic E-state index is 8.79. The number of furan rings is 1. The Morgan fingerprint density at radius 1 is 0.741 bits per heavy atom. The lowest BCUT2D eigenvalue weighted by atomic mass is 9.98. The van der Waals surface area contributed by atoms with Crippen LogP contribution in [0.1, 0.15) is 12.3 Å². The maximum Gasteiger partial charge on any atom is 0.146 e. The molecule has 0 fully saturated rings. The molecular weight excluding hydrogens is 332 g/mol. The molecule has 0 aliphatic carbocycles. The summed E-state index contributed by atoms with van der Waals surface area (Å²) in [6, 6.07) is 5.71. The number of benzene rings is 4. The Balaban J connectivity index is 1.91. The van der Waals surface area contributed by atoms with Crippen LogP contribution in [-0.2, 0) is 0 Å². The summed E-state index contributed by atoms with van der Waals surface area (Å²) in [6.45, 7) is 0. The number of methoxy groups -OCH3 is 1. The van der Waals surface area contributed by atoms with Crippen LogP contribution in [0.4, 0.5) is 0 Å². The smallest absolute Gasteiger partial charge is 0.146 e. The molecule has 0 aliphatic heterocycles. The van der Waals surface area contributed by atoms with Crippen molar-refractivity contribution in [3.05, 3.63) is 90.8 Å². The third kappa shape index (κ3) is 2.58. The summed E-state index contributed by atoms with van der Waals surface area (Å²) in [4.78, 5) is 0. The number of para-hydroxylation sites is 1. The van der Waals surface area contributed by atoms with Gasteiger partial charge in [-0.1, -0.05) is 72.6 Å². The number of rotatable bonds is 3. The van der Waals surface area contributed by atoms with Gasteiger partial charge in [-0.25, -0.2) is 0 Å². The Hall–Kier alpha value is -3.52. The summed E-state index contributed by atoms with van der Waals surface area (Å²) in [5, 5.41) is 1.51. The molecule has 0 N–H and O–H groups in total.